The van der Waals surface area contributed by atoms with E-state index in [1.165, 1.54) is 13.2 Å². The van der Waals surface area contributed by atoms with E-state index in [0.29, 0.717) is 14.9 Å². The third-order valence-corrected chi connectivity index (χ3v) is 3.68. The van der Waals surface area contributed by atoms with Gasteiger partial charge < -0.3 is 14.2 Å². The van der Waals surface area contributed by atoms with Crippen molar-refractivity contribution in [2.75, 3.05) is 14.2 Å². The van der Waals surface area contributed by atoms with Gasteiger partial charge in [0.2, 0.25) is 6.10 Å². The predicted octanol–water partition coefficient (Wildman–Crippen LogP) is 3.18. The maximum absolute atomic E-state index is 13.0. The minimum atomic E-state index is -4.73. The summed E-state index contributed by atoms with van der Waals surface area (Å²) >= 11 is 1.97. The van der Waals surface area contributed by atoms with Crippen molar-refractivity contribution in [1.82, 2.24) is 0 Å². The zero-order valence-electron chi connectivity index (χ0n) is 11.0. The molecule has 1 heterocycles. The molecular weight excluding hydrogens is 404 g/mol. The first kappa shape index (κ1) is 15.9. The second-order valence-corrected chi connectivity index (χ2v) is 5.32. The van der Waals surface area contributed by atoms with Gasteiger partial charge >= 0.3 is 12.1 Å². The van der Waals surface area contributed by atoms with Gasteiger partial charge in [0.1, 0.15) is 11.5 Å². The molecule has 0 radical (unpaired) electrons. The van der Waals surface area contributed by atoms with E-state index in [1.54, 1.807) is 6.07 Å². The number of fused-ring (bicyclic) bond motifs is 1. The molecule has 0 aliphatic carbocycles. The first-order chi connectivity index (χ1) is 9.77. The molecule has 0 aromatic heterocycles. The zero-order valence-corrected chi connectivity index (χ0v) is 13.1. The SMILES string of the molecule is COC(=O)C1=Cc2cc(I)c(OC)cc2OC1C(F)(F)F. The molecule has 1 aliphatic rings. The molecular formula is C13H10F3IO4. The van der Waals surface area contributed by atoms with Crippen LogP contribution in [0.25, 0.3) is 6.08 Å². The van der Waals surface area contributed by atoms with E-state index in [0.717, 1.165) is 13.2 Å². The highest BCUT2D eigenvalue weighted by Crippen LogP contribution is 2.40. The molecule has 1 atom stereocenters. The Morgan fingerprint density at radius 3 is 2.52 bits per heavy atom. The van der Waals surface area contributed by atoms with E-state index in [1.807, 2.05) is 22.6 Å². The molecule has 21 heavy (non-hydrogen) atoms. The Balaban J connectivity index is 2.56. The Bertz CT molecular complexity index is 610. The van der Waals surface area contributed by atoms with Crippen LogP contribution in [0.2, 0.25) is 0 Å². The Morgan fingerprint density at radius 1 is 1.33 bits per heavy atom. The van der Waals surface area contributed by atoms with Gasteiger partial charge in [0, 0.05) is 11.6 Å². The molecule has 0 saturated carbocycles. The molecule has 0 N–H and O–H groups in total. The van der Waals surface area contributed by atoms with Gasteiger partial charge in [-0.25, -0.2) is 4.79 Å². The van der Waals surface area contributed by atoms with Crippen LogP contribution in [-0.4, -0.2) is 32.5 Å². The second-order valence-electron chi connectivity index (χ2n) is 4.16. The van der Waals surface area contributed by atoms with E-state index in [-0.39, 0.29) is 5.75 Å². The molecule has 0 saturated heterocycles. The normalized spacial score (nSPS) is 17.4. The number of hydrogen-bond donors (Lipinski definition) is 0. The fraction of sp³-hybridized carbons (Fsp3) is 0.308. The van der Waals surface area contributed by atoms with Crippen molar-refractivity contribution in [2.45, 2.75) is 12.3 Å². The van der Waals surface area contributed by atoms with Crippen molar-refractivity contribution in [2.24, 2.45) is 0 Å². The van der Waals surface area contributed by atoms with Crippen LogP contribution in [0.3, 0.4) is 0 Å². The van der Waals surface area contributed by atoms with Crippen molar-refractivity contribution in [3.8, 4) is 11.5 Å². The van der Waals surface area contributed by atoms with Gasteiger partial charge in [-0.15, -0.1) is 0 Å². The molecule has 114 valence electrons. The van der Waals surface area contributed by atoms with Gasteiger partial charge in [0.05, 0.1) is 23.4 Å². The standard InChI is InChI=1S/C13H10F3IO4/c1-19-10-5-9-6(4-8(10)17)3-7(12(18)20-2)11(21-9)13(14,15)16/h3-5,11H,1-2H3. The topological polar surface area (TPSA) is 44.8 Å². The fourth-order valence-electron chi connectivity index (χ4n) is 1.88. The maximum atomic E-state index is 13.0. The molecule has 0 fully saturated rings. The lowest BCUT2D eigenvalue weighted by molar-refractivity contribution is -0.187. The third kappa shape index (κ3) is 3.09. The molecule has 0 bridgehead atoms. The summed E-state index contributed by atoms with van der Waals surface area (Å²) in [6.07, 6.45) is -5.96. The van der Waals surface area contributed by atoms with Crippen molar-refractivity contribution in [3.05, 3.63) is 26.8 Å². The quantitative estimate of drug-likeness (QED) is 0.551. The summed E-state index contributed by atoms with van der Waals surface area (Å²) in [5.41, 5.74) is -0.223. The lowest BCUT2D eigenvalue weighted by atomic mass is 10.0. The van der Waals surface area contributed by atoms with Crippen LogP contribution < -0.4 is 9.47 Å². The number of methoxy groups -OCH3 is 2. The van der Waals surface area contributed by atoms with Crippen molar-refractivity contribution in [3.63, 3.8) is 0 Å². The van der Waals surface area contributed by atoms with E-state index in [2.05, 4.69) is 4.74 Å². The Labute approximate surface area is 132 Å². The highest BCUT2D eigenvalue weighted by molar-refractivity contribution is 14.1. The summed E-state index contributed by atoms with van der Waals surface area (Å²) in [5.74, 6) is -0.679. The zero-order chi connectivity index (χ0) is 15.8. The van der Waals surface area contributed by atoms with Gasteiger partial charge in [-0.1, -0.05) is 0 Å². The monoisotopic (exact) mass is 414 g/mol. The number of halogens is 4. The molecule has 8 heteroatoms. The summed E-state index contributed by atoms with van der Waals surface area (Å²) < 4.78 is 54.2. The van der Waals surface area contributed by atoms with Crippen LogP contribution in [0.4, 0.5) is 13.2 Å². The molecule has 1 aliphatic heterocycles. The summed E-state index contributed by atoms with van der Waals surface area (Å²) in [6, 6.07) is 2.94. The van der Waals surface area contributed by atoms with Crippen LogP contribution in [0, 0.1) is 3.57 Å². The molecule has 4 nitrogen and oxygen atoms in total. The molecule has 0 spiro atoms. The molecule has 0 amide bonds. The minimum Gasteiger partial charge on any atom is -0.496 e. The number of carbonyl (C=O) groups excluding carboxylic acids is 1. The lowest BCUT2D eigenvalue weighted by Crippen LogP contribution is -2.40. The predicted molar refractivity (Wildman–Crippen MR) is 76.2 cm³/mol. The number of carbonyl (C=O) groups is 1. The summed E-state index contributed by atoms with van der Waals surface area (Å²) in [4.78, 5) is 11.5. The molecule has 1 aromatic carbocycles. The highest BCUT2D eigenvalue weighted by Gasteiger charge is 2.48. The first-order valence-corrected chi connectivity index (χ1v) is 6.76. The Morgan fingerprint density at radius 2 is 2.00 bits per heavy atom. The number of hydrogen-bond acceptors (Lipinski definition) is 4. The first-order valence-electron chi connectivity index (χ1n) is 5.68. The maximum Gasteiger partial charge on any atom is 0.430 e. The van der Waals surface area contributed by atoms with Gasteiger partial charge in [0.25, 0.3) is 0 Å². The van der Waals surface area contributed by atoms with Crippen molar-refractivity contribution < 1.29 is 32.2 Å². The van der Waals surface area contributed by atoms with Crippen LogP contribution in [0.15, 0.2) is 17.7 Å². The van der Waals surface area contributed by atoms with E-state index >= 15 is 0 Å². The fourth-order valence-corrected chi connectivity index (χ4v) is 2.59. The molecule has 2 rings (SSSR count). The number of esters is 1. The third-order valence-electron chi connectivity index (χ3n) is 2.84. The Hall–Kier alpha value is -1.45. The lowest BCUT2D eigenvalue weighted by Gasteiger charge is -2.28. The van der Waals surface area contributed by atoms with Crippen molar-refractivity contribution in [1.29, 1.82) is 0 Å². The van der Waals surface area contributed by atoms with Gasteiger partial charge in [-0.3, -0.25) is 0 Å². The number of ether oxygens (including phenoxy) is 3. The highest BCUT2D eigenvalue weighted by atomic mass is 127. The summed E-state index contributed by atoms with van der Waals surface area (Å²) in [6.45, 7) is 0. The van der Waals surface area contributed by atoms with E-state index in [9.17, 15) is 18.0 Å². The van der Waals surface area contributed by atoms with Crippen LogP contribution >= 0.6 is 22.6 Å². The smallest absolute Gasteiger partial charge is 0.430 e. The average Bonchev–Trinajstić information content (AvgIpc) is 2.43. The molecule has 1 aromatic rings. The van der Waals surface area contributed by atoms with Crippen molar-refractivity contribution >= 4 is 34.6 Å². The Kier molecular flexibility index (Phi) is 4.35. The number of benzene rings is 1. The number of rotatable bonds is 2. The average molecular weight is 414 g/mol. The second kappa shape index (κ2) is 5.74. The number of alkyl halides is 3. The molecule has 1 unspecified atom stereocenters. The van der Waals surface area contributed by atoms with E-state index in [4.69, 9.17) is 9.47 Å². The minimum absolute atomic E-state index is 0.00208. The summed E-state index contributed by atoms with van der Waals surface area (Å²) in [5, 5.41) is 0. The van der Waals surface area contributed by atoms with Crippen LogP contribution in [0.5, 0.6) is 11.5 Å². The van der Waals surface area contributed by atoms with E-state index < -0.39 is 23.8 Å². The summed E-state index contributed by atoms with van der Waals surface area (Å²) in [7, 11) is 2.42. The van der Waals surface area contributed by atoms with Crippen LogP contribution in [-0.2, 0) is 9.53 Å². The van der Waals surface area contributed by atoms with Gasteiger partial charge in [-0.05, 0) is 34.7 Å². The van der Waals surface area contributed by atoms with Gasteiger partial charge in [-0.2, -0.15) is 13.2 Å². The largest absolute Gasteiger partial charge is 0.496 e. The van der Waals surface area contributed by atoms with Crippen LogP contribution in [0.1, 0.15) is 5.56 Å². The van der Waals surface area contributed by atoms with Gasteiger partial charge in [0.15, 0.2) is 0 Å².